The van der Waals surface area contributed by atoms with E-state index in [2.05, 4.69) is 0 Å². The third-order valence-corrected chi connectivity index (χ3v) is 5.89. The van der Waals surface area contributed by atoms with Crippen LogP contribution in [0.15, 0.2) is 42.2 Å². The van der Waals surface area contributed by atoms with Gasteiger partial charge in [-0.15, -0.1) is 0 Å². The molecule has 0 atom stereocenters. The van der Waals surface area contributed by atoms with Gasteiger partial charge < -0.3 is 33.5 Å². The molecular weight excluding hydrogens is 468 g/mol. The highest BCUT2D eigenvalue weighted by atomic mass is 16.6. The van der Waals surface area contributed by atoms with E-state index in [4.69, 9.17) is 23.7 Å². The molecule has 0 aliphatic carbocycles. The van der Waals surface area contributed by atoms with Crippen LogP contribution in [0.5, 0.6) is 23.0 Å². The van der Waals surface area contributed by atoms with Crippen molar-refractivity contribution in [1.29, 1.82) is 0 Å². The summed E-state index contributed by atoms with van der Waals surface area (Å²) in [5, 5.41) is 0. The average Bonchev–Trinajstić information content (AvgIpc) is 3.21. The maximum Gasteiger partial charge on any atom is 0.409 e. The molecule has 2 aliphatic rings. The number of fused-ring (bicyclic) bond motifs is 1. The average molecular weight is 497 g/mol. The Morgan fingerprint density at radius 1 is 0.972 bits per heavy atom. The van der Waals surface area contributed by atoms with Crippen LogP contribution in [-0.4, -0.2) is 81.2 Å². The summed E-state index contributed by atoms with van der Waals surface area (Å²) in [6, 6.07) is 10.1. The number of carbonyl (C=O) groups excluding carboxylic acids is 3. The molecule has 190 valence electrons. The lowest BCUT2D eigenvalue weighted by Gasteiger charge is -2.33. The highest BCUT2D eigenvalue weighted by Crippen LogP contribution is 2.36. The zero-order chi connectivity index (χ0) is 25.7. The van der Waals surface area contributed by atoms with E-state index >= 15 is 0 Å². The number of allylic oxidation sites excluding steroid dienone is 1. The van der Waals surface area contributed by atoms with Crippen molar-refractivity contribution in [1.82, 2.24) is 9.80 Å². The van der Waals surface area contributed by atoms with Crippen molar-refractivity contribution in [3.63, 3.8) is 0 Å². The Morgan fingerprint density at radius 2 is 1.69 bits per heavy atom. The Morgan fingerprint density at radius 3 is 2.39 bits per heavy atom. The molecule has 10 nitrogen and oxygen atoms in total. The third kappa shape index (κ3) is 5.37. The van der Waals surface area contributed by atoms with Crippen LogP contribution in [0.4, 0.5) is 4.79 Å². The van der Waals surface area contributed by atoms with Crippen LogP contribution < -0.4 is 18.9 Å². The second-order valence-corrected chi connectivity index (χ2v) is 8.06. The van der Waals surface area contributed by atoms with Crippen LogP contribution in [0.3, 0.4) is 0 Å². The van der Waals surface area contributed by atoms with E-state index in [-0.39, 0.29) is 30.1 Å². The van der Waals surface area contributed by atoms with Gasteiger partial charge in [0.2, 0.25) is 5.78 Å². The Bertz CT molecular complexity index is 1180. The van der Waals surface area contributed by atoms with Gasteiger partial charge in [0.1, 0.15) is 23.0 Å². The van der Waals surface area contributed by atoms with E-state index in [9.17, 15) is 14.4 Å². The van der Waals surface area contributed by atoms with E-state index < -0.39 is 0 Å². The van der Waals surface area contributed by atoms with E-state index in [0.717, 1.165) is 0 Å². The molecule has 4 rings (SSSR count). The number of ether oxygens (including phenoxy) is 5. The number of benzene rings is 2. The van der Waals surface area contributed by atoms with Gasteiger partial charge in [0.15, 0.2) is 12.4 Å². The lowest BCUT2D eigenvalue weighted by Crippen LogP contribution is -2.51. The summed E-state index contributed by atoms with van der Waals surface area (Å²) in [5.74, 6) is 1.64. The molecule has 1 fully saturated rings. The van der Waals surface area contributed by atoms with Gasteiger partial charge in [-0.3, -0.25) is 9.59 Å². The zero-order valence-corrected chi connectivity index (χ0v) is 20.4. The fourth-order valence-electron chi connectivity index (χ4n) is 3.93. The minimum absolute atomic E-state index is 0.154. The predicted molar refractivity (Wildman–Crippen MR) is 130 cm³/mol. The SMILES string of the molecule is CCOC(=O)N1CCN(C(=O)COc2ccc3c(c2)OC(=Cc2ccc(OC)cc2OC)C3=O)CC1. The minimum Gasteiger partial charge on any atom is -0.497 e. The Kier molecular flexibility index (Phi) is 7.62. The molecule has 2 amide bonds. The first-order chi connectivity index (χ1) is 17.4. The number of amides is 2. The highest BCUT2D eigenvalue weighted by molar-refractivity contribution is 6.14. The number of piperazine rings is 1. The van der Waals surface area contributed by atoms with E-state index in [1.54, 1.807) is 66.3 Å². The number of hydrogen-bond acceptors (Lipinski definition) is 8. The fourth-order valence-corrected chi connectivity index (χ4v) is 3.93. The van der Waals surface area contributed by atoms with Gasteiger partial charge in [0, 0.05) is 43.9 Å². The van der Waals surface area contributed by atoms with Gasteiger partial charge in [-0.2, -0.15) is 0 Å². The molecule has 0 radical (unpaired) electrons. The van der Waals surface area contributed by atoms with Crippen molar-refractivity contribution in [2.75, 3.05) is 53.6 Å². The molecule has 0 N–H and O–H groups in total. The van der Waals surface area contributed by atoms with Crippen LogP contribution >= 0.6 is 0 Å². The summed E-state index contributed by atoms with van der Waals surface area (Å²) in [4.78, 5) is 40.4. The van der Waals surface area contributed by atoms with Crippen molar-refractivity contribution in [2.24, 2.45) is 0 Å². The second-order valence-electron chi connectivity index (χ2n) is 8.06. The number of Topliss-reactive ketones (excluding diaryl/α,β-unsaturated/α-hetero) is 1. The van der Waals surface area contributed by atoms with E-state index in [0.29, 0.717) is 66.9 Å². The summed E-state index contributed by atoms with van der Waals surface area (Å²) < 4.78 is 27.1. The predicted octanol–water partition coefficient (Wildman–Crippen LogP) is 3.00. The first-order valence-corrected chi connectivity index (χ1v) is 11.6. The Labute approximate surface area is 208 Å². The largest absolute Gasteiger partial charge is 0.497 e. The molecule has 0 aromatic heterocycles. The molecule has 0 unspecified atom stereocenters. The summed E-state index contributed by atoms with van der Waals surface area (Å²) in [5.41, 5.74) is 1.07. The molecule has 2 aromatic carbocycles. The molecule has 10 heteroatoms. The molecular formula is C26H28N2O8. The topological polar surface area (TPSA) is 104 Å². The van der Waals surface area contributed by atoms with Crippen LogP contribution in [0, 0.1) is 0 Å². The Balaban J connectivity index is 1.36. The Hall–Kier alpha value is -4.21. The minimum atomic E-state index is -0.368. The summed E-state index contributed by atoms with van der Waals surface area (Å²) >= 11 is 0. The number of rotatable bonds is 7. The first-order valence-electron chi connectivity index (χ1n) is 11.6. The van der Waals surface area contributed by atoms with Crippen molar-refractivity contribution >= 4 is 23.9 Å². The number of nitrogens with zero attached hydrogens (tertiary/aromatic N) is 2. The van der Waals surface area contributed by atoms with Crippen molar-refractivity contribution in [3.8, 4) is 23.0 Å². The molecule has 36 heavy (non-hydrogen) atoms. The normalized spacial score (nSPS) is 15.9. The molecule has 0 saturated carbocycles. The first kappa shape index (κ1) is 24.9. The maximum atomic E-state index is 12.8. The fraction of sp³-hybridized carbons (Fsp3) is 0.346. The molecule has 1 saturated heterocycles. The number of hydrogen-bond donors (Lipinski definition) is 0. The third-order valence-electron chi connectivity index (χ3n) is 5.89. The van der Waals surface area contributed by atoms with Gasteiger partial charge in [-0.05, 0) is 37.3 Å². The smallest absolute Gasteiger partial charge is 0.409 e. The van der Waals surface area contributed by atoms with Gasteiger partial charge in [0.05, 0.1) is 26.4 Å². The molecule has 0 spiro atoms. The van der Waals surface area contributed by atoms with Crippen molar-refractivity contribution in [2.45, 2.75) is 6.92 Å². The van der Waals surface area contributed by atoms with Gasteiger partial charge in [-0.25, -0.2) is 4.79 Å². The lowest BCUT2D eigenvalue weighted by atomic mass is 10.1. The van der Waals surface area contributed by atoms with Gasteiger partial charge in [0.25, 0.3) is 5.91 Å². The highest BCUT2D eigenvalue weighted by Gasteiger charge is 2.29. The van der Waals surface area contributed by atoms with Crippen LogP contribution in [0.25, 0.3) is 6.08 Å². The molecule has 2 heterocycles. The van der Waals surface area contributed by atoms with E-state index in [1.165, 1.54) is 7.11 Å². The van der Waals surface area contributed by atoms with Gasteiger partial charge >= 0.3 is 6.09 Å². The number of methoxy groups -OCH3 is 2. The van der Waals surface area contributed by atoms with Crippen molar-refractivity contribution in [3.05, 3.63) is 53.3 Å². The molecule has 2 aliphatic heterocycles. The maximum absolute atomic E-state index is 12.8. The van der Waals surface area contributed by atoms with Gasteiger partial charge in [-0.1, -0.05) is 0 Å². The number of ketones is 1. The lowest BCUT2D eigenvalue weighted by molar-refractivity contribution is -0.134. The monoisotopic (exact) mass is 496 g/mol. The van der Waals surface area contributed by atoms with Crippen molar-refractivity contribution < 1.29 is 38.1 Å². The summed E-state index contributed by atoms with van der Waals surface area (Å²) in [6.45, 7) is 3.54. The standard InChI is InChI=1S/C26H28N2O8/c1-4-34-26(31)28-11-9-27(10-12-28)24(29)16-35-19-7-8-20-22(15-19)36-23(25(20)30)13-17-5-6-18(32-2)14-21(17)33-3/h5-8,13-15H,4,9-12,16H2,1-3H3. The summed E-state index contributed by atoms with van der Waals surface area (Å²) in [7, 11) is 3.10. The van der Waals surface area contributed by atoms with E-state index in [1.807, 2.05) is 0 Å². The summed E-state index contributed by atoms with van der Waals surface area (Å²) in [6.07, 6.45) is 1.24. The molecule has 2 aromatic rings. The van der Waals surface area contributed by atoms with Crippen LogP contribution in [0.1, 0.15) is 22.8 Å². The van der Waals surface area contributed by atoms with Crippen LogP contribution in [-0.2, 0) is 9.53 Å². The van der Waals surface area contributed by atoms with Crippen LogP contribution in [0.2, 0.25) is 0 Å². The second kappa shape index (κ2) is 11.0. The molecule has 0 bridgehead atoms. The quantitative estimate of drug-likeness (QED) is 0.539. The zero-order valence-electron chi connectivity index (χ0n) is 20.4. The number of carbonyl (C=O) groups is 3.